The summed E-state index contributed by atoms with van der Waals surface area (Å²) >= 11 is 0. The third-order valence-electron chi connectivity index (χ3n) is 5.76. The van der Waals surface area contributed by atoms with E-state index in [4.69, 9.17) is 15.4 Å². The Labute approximate surface area is 200 Å². The lowest BCUT2D eigenvalue weighted by Gasteiger charge is -2.28. The third kappa shape index (κ3) is 6.56. The molecule has 2 fully saturated rings. The van der Waals surface area contributed by atoms with E-state index in [-0.39, 0.29) is 25.3 Å². The van der Waals surface area contributed by atoms with Gasteiger partial charge in [-0.2, -0.15) is 36.3 Å². The molecule has 4 rings (SSSR count). The smallest absolute Gasteiger partial charge is 0.378 e. The monoisotopic (exact) mass is 548 g/mol. The Kier molecular flexibility index (Phi) is 7.16. The number of aromatic nitrogens is 4. The van der Waals surface area contributed by atoms with Crippen molar-refractivity contribution in [3.63, 3.8) is 0 Å². The fourth-order valence-corrected chi connectivity index (χ4v) is 5.07. The number of hydrogen-bond donors (Lipinski definition) is 2. The maximum absolute atomic E-state index is 12.8. The minimum absolute atomic E-state index is 0.0465. The molecule has 1 unspecified atom stereocenters. The van der Waals surface area contributed by atoms with Crippen molar-refractivity contribution in [1.29, 1.82) is 0 Å². The number of nitrogens with zero attached hydrogens (tertiary/aromatic N) is 5. The molecule has 3 N–H and O–H groups in total. The van der Waals surface area contributed by atoms with E-state index in [1.54, 1.807) is 0 Å². The van der Waals surface area contributed by atoms with Gasteiger partial charge in [-0.15, -0.1) is 4.67 Å². The molecule has 0 radical (unpaired) electrons. The van der Waals surface area contributed by atoms with Crippen molar-refractivity contribution >= 4 is 30.5 Å². The van der Waals surface area contributed by atoms with Crippen molar-refractivity contribution in [3.8, 4) is 0 Å². The van der Waals surface area contributed by atoms with E-state index < -0.39 is 44.1 Å². The number of anilines is 2. The number of imidazole rings is 1. The van der Waals surface area contributed by atoms with Gasteiger partial charge in [0.05, 0.1) is 44.6 Å². The zero-order valence-electron chi connectivity index (χ0n) is 18.6. The summed E-state index contributed by atoms with van der Waals surface area (Å²) in [7, 11) is -5.48. The maximum atomic E-state index is 12.8. The first-order chi connectivity index (χ1) is 16.7. The van der Waals surface area contributed by atoms with Crippen molar-refractivity contribution in [2.45, 2.75) is 55.8 Å². The van der Waals surface area contributed by atoms with Crippen molar-refractivity contribution in [2.75, 3.05) is 36.9 Å². The quantitative estimate of drug-likeness (QED) is 0.208. The summed E-state index contributed by atoms with van der Waals surface area (Å²) < 4.78 is 100. The van der Waals surface area contributed by atoms with E-state index in [0.29, 0.717) is 43.3 Å². The third-order valence-corrected chi connectivity index (χ3v) is 7.33. The number of hydrogen-bond acceptors (Lipinski definition) is 9. The number of nitrogens with two attached hydrogens (primary N) is 1. The SMILES string of the molecule is Nc1nc(N2CCOCC2)c2ncn(CC3(OOP(=O)(O)C(CC(F)(F)F)CC(F)(F)F)CC3)c2n1. The summed E-state index contributed by atoms with van der Waals surface area (Å²) in [6, 6.07) is 0. The van der Waals surface area contributed by atoms with Gasteiger partial charge in [0.1, 0.15) is 5.60 Å². The zero-order valence-corrected chi connectivity index (χ0v) is 19.5. The highest BCUT2D eigenvalue weighted by molar-refractivity contribution is 7.53. The summed E-state index contributed by atoms with van der Waals surface area (Å²) in [6.45, 7) is 1.98. The minimum Gasteiger partial charge on any atom is -0.378 e. The Morgan fingerprint density at radius 1 is 1.14 bits per heavy atom. The predicted molar refractivity (Wildman–Crippen MR) is 112 cm³/mol. The maximum Gasteiger partial charge on any atom is 0.390 e. The standard InChI is InChI=1S/C18H23F6N6O5P/c19-17(20,21)7-11(8-18(22,23)24)36(31,32)35-34-16(1-2-16)9-30-10-26-12-13(27-15(25)28-14(12)30)29-3-5-33-6-4-29/h10-11H,1-9H2,(H,31,32)(H2,25,27,28). The molecule has 0 amide bonds. The van der Waals surface area contributed by atoms with Gasteiger partial charge in [-0.3, -0.25) is 4.57 Å². The fraction of sp³-hybridized carbons (Fsp3) is 0.722. The molecule has 2 aliphatic rings. The lowest BCUT2D eigenvalue weighted by molar-refractivity contribution is -0.268. The molecule has 2 aromatic heterocycles. The molecular formula is C18H23F6N6O5P. The van der Waals surface area contributed by atoms with Crippen LogP contribution in [0.25, 0.3) is 11.2 Å². The molecule has 0 aromatic carbocycles. The van der Waals surface area contributed by atoms with Crippen LogP contribution in [-0.4, -0.2) is 74.3 Å². The van der Waals surface area contributed by atoms with Crippen LogP contribution in [0.1, 0.15) is 25.7 Å². The van der Waals surface area contributed by atoms with E-state index in [9.17, 15) is 35.8 Å². The predicted octanol–water partition coefficient (Wildman–Crippen LogP) is 3.18. The zero-order chi connectivity index (χ0) is 26.4. The van der Waals surface area contributed by atoms with Crippen LogP contribution in [0.5, 0.6) is 0 Å². The molecule has 11 nitrogen and oxygen atoms in total. The highest BCUT2D eigenvalue weighted by Gasteiger charge is 2.52. The molecule has 36 heavy (non-hydrogen) atoms. The number of morpholine rings is 1. The normalized spacial score (nSPS) is 20.2. The molecule has 0 spiro atoms. The van der Waals surface area contributed by atoms with Crippen LogP contribution in [0.3, 0.4) is 0 Å². The Balaban J connectivity index is 1.50. The van der Waals surface area contributed by atoms with Gasteiger partial charge in [0.25, 0.3) is 0 Å². The van der Waals surface area contributed by atoms with E-state index in [1.807, 2.05) is 4.90 Å². The first-order valence-electron chi connectivity index (χ1n) is 10.8. The second-order valence-electron chi connectivity index (χ2n) is 8.75. The fourth-order valence-electron chi connectivity index (χ4n) is 3.81. The van der Waals surface area contributed by atoms with Crippen molar-refractivity contribution in [3.05, 3.63) is 6.33 Å². The summed E-state index contributed by atoms with van der Waals surface area (Å²) in [5.41, 5.74) is 2.53. The van der Waals surface area contributed by atoms with E-state index >= 15 is 0 Å². The lowest BCUT2D eigenvalue weighted by atomic mass is 10.2. The average molecular weight is 548 g/mol. The number of halogens is 6. The number of ether oxygens (including phenoxy) is 1. The number of fused-ring (bicyclic) bond motifs is 1. The number of nitrogen functional groups attached to an aromatic ring is 1. The number of rotatable bonds is 9. The molecule has 0 bridgehead atoms. The molecule has 2 aromatic rings. The van der Waals surface area contributed by atoms with Gasteiger partial charge in [0, 0.05) is 13.1 Å². The second-order valence-corrected chi connectivity index (χ2v) is 10.8. The minimum atomic E-state index is -5.48. The second kappa shape index (κ2) is 9.59. The van der Waals surface area contributed by atoms with Crippen LogP contribution in [-0.2, 0) is 25.4 Å². The molecule has 1 saturated heterocycles. The Bertz CT molecular complexity index is 1120. The molecule has 202 valence electrons. The van der Waals surface area contributed by atoms with Gasteiger partial charge in [0.2, 0.25) is 5.95 Å². The van der Waals surface area contributed by atoms with E-state index in [1.165, 1.54) is 10.9 Å². The molecule has 1 saturated carbocycles. The highest BCUT2D eigenvalue weighted by Crippen LogP contribution is 2.57. The van der Waals surface area contributed by atoms with E-state index in [0.717, 1.165) is 0 Å². The van der Waals surface area contributed by atoms with Crippen molar-refractivity contribution < 1.29 is 50.1 Å². The molecule has 3 heterocycles. The van der Waals surface area contributed by atoms with Crippen LogP contribution < -0.4 is 10.6 Å². The summed E-state index contributed by atoms with van der Waals surface area (Å²) in [6.07, 6.45) is -12.7. The van der Waals surface area contributed by atoms with Gasteiger partial charge in [-0.1, -0.05) is 0 Å². The summed E-state index contributed by atoms with van der Waals surface area (Å²) in [5, 5.41) is 0. The molecule has 1 aliphatic heterocycles. The first-order valence-corrected chi connectivity index (χ1v) is 12.5. The first kappa shape index (κ1) is 26.9. The average Bonchev–Trinajstić information content (AvgIpc) is 3.43. The van der Waals surface area contributed by atoms with Gasteiger partial charge >= 0.3 is 19.9 Å². The van der Waals surface area contributed by atoms with Gasteiger partial charge in [-0.25, -0.2) is 9.87 Å². The Morgan fingerprint density at radius 2 is 1.75 bits per heavy atom. The lowest BCUT2D eigenvalue weighted by Crippen LogP contribution is -2.37. The topological polar surface area (TPSA) is 138 Å². The van der Waals surface area contributed by atoms with Gasteiger partial charge in [-0.05, 0) is 12.8 Å². The van der Waals surface area contributed by atoms with Crippen LogP contribution >= 0.6 is 7.60 Å². The van der Waals surface area contributed by atoms with Crippen LogP contribution in [0.2, 0.25) is 0 Å². The largest absolute Gasteiger partial charge is 0.390 e. The summed E-state index contributed by atoms with van der Waals surface area (Å²) in [5.74, 6) is 0.429. The van der Waals surface area contributed by atoms with Gasteiger partial charge < -0.3 is 24.8 Å². The van der Waals surface area contributed by atoms with Crippen molar-refractivity contribution in [1.82, 2.24) is 19.5 Å². The van der Waals surface area contributed by atoms with Gasteiger partial charge in [0.15, 0.2) is 17.0 Å². The van der Waals surface area contributed by atoms with Crippen LogP contribution in [0.15, 0.2) is 6.33 Å². The number of alkyl halides is 6. The molecule has 18 heteroatoms. The summed E-state index contributed by atoms with van der Waals surface area (Å²) in [4.78, 5) is 29.6. The molecular weight excluding hydrogens is 525 g/mol. The van der Waals surface area contributed by atoms with E-state index in [2.05, 4.69) is 19.6 Å². The highest BCUT2D eigenvalue weighted by atomic mass is 31.2. The molecule has 1 aliphatic carbocycles. The Morgan fingerprint density at radius 3 is 2.31 bits per heavy atom. The van der Waals surface area contributed by atoms with Crippen LogP contribution in [0.4, 0.5) is 38.1 Å². The Hall–Kier alpha value is -2.20. The molecule has 1 atom stereocenters. The van der Waals surface area contributed by atoms with Crippen molar-refractivity contribution in [2.24, 2.45) is 0 Å². The van der Waals surface area contributed by atoms with Crippen LogP contribution in [0, 0.1) is 0 Å².